The molecule has 0 unspecified atom stereocenters. The first kappa shape index (κ1) is 13.7. The lowest BCUT2D eigenvalue weighted by molar-refractivity contribution is -0.274. The Bertz CT molecular complexity index is 432. The van der Waals surface area contributed by atoms with E-state index in [2.05, 4.69) is 35.8 Å². The maximum absolute atomic E-state index is 11.9. The second kappa shape index (κ2) is 4.84. The van der Waals surface area contributed by atoms with E-state index in [1.165, 1.54) is 24.3 Å². The van der Waals surface area contributed by atoms with Gasteiger partial charge in [0.2, 0.25) is 0 Å². The highest BCUT2D eigenvalue weighted by Gasteiger charge is 2.30. The van der Waals surface area contributed by atoms with Crippen LogP contribution in [0.1, 0.15) is 5.56 Å². The van der Waals surface area contributed by atoms with Crippen LogP contribution in [0.25, 0.3) is 0 Å². The minimum Gasteiger partial charge on any atom is -0.406 e. The van der Waals surface area contributed by atoms with Crippen LogP contribution < -0.4 is 4.74 Å². The highest BCUT2D eigenvalue weighted by Crippen LogP contribution is 2.22. The zero-order valence-corrected chi connectivity index (χ0v) is 10.9. The summed E-state index contributed by atoms with van der Waals surface area (Å²) in [6.45, 7) is 6.30. The summed E-state index contributed by atoms with van der Waals surface area (Å²) in [5.41, 5.74) is 3.83. The first-order valence-corrected chi connectivity index (χ1v) is 8.55. The van der Waals surface area contributed by atoms with E-state index in [1.54, 1.807) is 0 Å². The molecule has 0 aliphatic rings. The number of halogens is 3. The average molecular weight is 258 g/mol. The van der Waals surface area contributed by atoms with Crippen LogP contribution in [0.5, 0.6) is 5.75 Å². The lowest BCUT2D eigenvalue weighted by atomic mass is 10.2. The van der Waals surface area contributed by atoms with Crippen molar-refractivity contribution in [2.75, 3.05) is 0 Å². The number of rotatable bonds is 1. The smallest absolute Gasteiger partial charge is 0.406 e. The molecule has 1 rings (SSSR count). The Morgan fingerprint density at radius 2 is 1.59 bits per heavy atom. The number of ether oxygens (including phenoxy) is 1. The molecule has 1 aromatic carbocycles. The molecular formula is C12H13F3OSi. The van der Waals surface area contributed by atoms with Gasteiger partial charge in [-0.25, -0.2) is 0 Å². The van der Waals surface area contributed by atoms with Crippen LogP contribution in [0, 0.1) is 11.5 Å². The Kier molecular flexibility index (Phi) is 3.89. The summed E-state index contributed by atoms with van der Waals surface area (Å²) < 4.78 is 39.5. The SMILES string of the molecule is C[Si](C)(C)C#Cc1ccc(OC(F)(F)F)cc1. The molecular weight excluding hydrogens is 245 g/mol. The molecule has 0 bridgehead atoms. The molecule has 5 heteroatoms. The molecule has 0 aliphatic carbocycles. The fourth-order valence-corrected chi connectivity index (χ4v) is 1.52. The Morgan fingerprint density at radius 1 is 1.06 bits per heavy atom. The van der Waals surface area contributed by atoms with E-state index in [9.17, 15) is 13.2 Å². The van der Waals surface area contributed by atoms with E-state index in [0.717, 1.165) is 0 Å². The maximum atomic E-state index is 11.9. The minimum atomic E-state index is -4.65. The molecule has 0 atom stereocenters. The Morgan fingerprint density at radius 3 is 2.00 bits per heavy atom. The molecule has 0 N–H and O–H groups in total. The molecule has 0 heterocycles. The van der Waals surface area contributed by atoms with Crippen molar-refractivity contribution in [1.29, 1.82) is 0 Å². The number of hydrogen-bond acceptors (Lipinski definition) is 1. The third kappa shape index (κ3) is 6.02. The fraction of sp³-hybridized carbons (Fsp3) is 0.333. The molecule has 0 saturated carbocycles. The number of hydrogen-bond donors (Lipinski definition) is 0. The second-order valence-electron chi connectivity index (χ2n) is 4.57. The molecule has 0 amide bonds. The van der Waals surface area contributed by atoms with Crippen LogP contribution in [0.4, 0.5) is 13.2 Å². The summed E-state index contributed by atoms with van der Waals surface area (Å²) in [6.07, 6.45) is -4.65. The molecule has 1 aromatic rings. The van der Waals surface area contributed by atoms with Gasteiger partial charge in [-0.1, -0.05) is 25.6 Å². The van der Waals surface area contributed by atoms with Crippen LogP contribution >= 0.6 is 0 Å². The van der Waals surface area contributed by atoms with E-state index in [0.29, 0.717) is 5.56 Å². The van der Waals surface area contributed by atoms with Crippen molar-refractivity contribution < 1.29 is 17.9 Å². The fourth-order valence-electron chi connectivity index (χ4n) is 1.000. The van der Waals surface area contributed by atoms with Crippen molar-refractivity contribution in [2.24, 2.45) is 0 Å². The summed E-state index contributed by atoms with van der Waals surface area (Å²) in [5.74, 6) is 2.72. The van der Waals surface area contributed by atoms with Crippen LogP contribution in [0.15, 0.2) is 24.3 Å². The molecule has 17 heavy (non-hydrogen) atoms. The van der Waals surface area contributed by atoms with Crippen LogP contribution in [-0.4, -0.2) is 14.4 Å². The van der Waals surface area contributed by atoms with Gasteiger partial charge in [-0.15, -0.1) is 18.7 Å². The molecule has 0 saturated heterocycles. The Hall–Kier alpha value is -1.41. The van der Waals surface area contributed by atoms with Gasteiger partial charge in [0.1, 0.15) is 13.8 Å². The van der Waals surface area contributed by atoms with E-state index in [4.69, 9.17) is 0 Å². The van der Waals surface area contributed by atoms with Crippen molar-refractivity contribution in [2.45, 2.75) is 26.0 Å². The summed E-state index contributed by atoms with van der Waals surface area (Å²) in [4.78, 5) is 0. The van der Waals surface area contributed by atoms with Gasteiger partial charge in [-0.3, -0.25) is 0 Å². The van der Waals surface area contributed by atoms with Crippen LogP contribution in [0.3, 0.4) is 0 Å². The van der Waals surface area contributed by atoms with E-state index < -0.39 is 14.4 Å². The highest BCUT2D eigenvalue weighted by molar-refractivity contribution is 6.83. The van der Waals surface area contributed by atoms with Crippen molar-refractivity contribution in [1.82, 2.24) is 0 Å². The molecule has 0 radical (unpaired) electrons. The topological polar surface area (TPSA) is 9.23 Å². The van der Waals surface area contributed by atoms with Gasteiger partial charge >= 0.3 is 6.36 Å². The van der Waals surface area contributed by atoms with Crippen molar-refractivity contribution in [3.8, 4) is 17.2 Å². The van der Waals surface area contributed by atoms with Gasteiger partial charge in [0.05, 0.1) is 0 Å². The quantitative estimate of drug-likeness (QED) is 0.549. The second-order valence-corrected chi connectivity index (χ2v) is 9.32. The van der Waals surface area contributed by atoms with E-state index in [-0.39, 0.29) is 5.75 Å². The average Bonchev–Trinajstić information content (AvgIpc) is 2.13. The summed E-state index contributed by atoms with van der Waals surface area (Å²) in [7, 11) is -1.46. The number of benzene rings is 1. The summed E-state index contributed by atoms with van der Waals surface area (Å²) >= 11 is 0. The lowest BCUT2D eigenvalue weighted by Crippen LogP contribution is -2.17. The van der Waals surface area contributed by atoms with Gasteiger partial charge in [0.25, 0.3) is 0 Å². The molecule has 0 aromatic heterocycles. The first-order valence-electron chi connectivity index (χ1n) is 5.05. The van der Waals surface area contributed by atoms with Gasteiger partial charge in [-0.2, -0.15) is 0 Å². The van der Waals surface area contributed by atoms with E-state index in [1.807, 2.05) is 0 Å². The highest BCUT2D eigenvalue weighted by atomic mass is 28.3. The number of alkyl halides is 3. The zero-order chi connectivity index (χ0) is 13.1. The van der Waals surface area contributed by atoms with Crippen molar-refractivity contribution in [3.63, 3.8) is 0 Å². The van der Waals surface area contributed by atoms with Gasteiger partial charge in [0.15, 0.2) is 0 Å². The third-order valence-electron chi connectivity index (χ3n) is 1.67. The Balaban J connectivity index is 2.78. The van der Waals surface area contributed by atoms with Crippen molar-refractivity contribution in [3.05, 3.63) is 29.8 Å². The van der Waals surface area contributed by atoms with E-state index >= 15 is 0 Å². The normalized spacial score (nSPS) is 11.6. The van der Waals surface area contributed by atoms with Crippen molar-refractivity contribution >= 4 is 8.07 Å². The van der Waals surface area contributed by atoms with Crippen LogP contribution in [-0.2, 0) is 0 Å². The first-order chi connectivity index (χ1) is 7.66. The summed E-state index contributed by atoms with van der Waals surface area (Å²) in [6, 6.07) is 5.58. The summed E-state index contributed by atoms with van der Waals surface area (Å²) in [5, 5.41) is 0. The predicted molar refractivity (Wildman–Crippen MR) is 63.3 cm³/mol. The Labute approximate surface area is 99.6 Å². The molecule has 0 aliphatic heterocycles. The monoisotopic (exact) mass is 258 g/mol. The maximum Gasteiger partial charge on any atom is 0.573 e. The van der Waals surface area contributed by atoms with Gasteiger partial charge in [-0.05, 0) is 24.3 Å². The van der Waals surface area contributed by atoms with Gasteiger partial charge in [0, 0.05) is 5.56 Å². The molecule has 1 nitrogen and oxygen atoms in total. The zero-order valence-electron chi connectivity index (χ0n) is 9.85. The third-order valence-corrected chi connectivity index (χ3v) is 2.54. The standard InChI is InChI=1S/C12H13F3OSi/c1-17(2,3)9-8-10-4-6-11(7-5-10)16-12(13,14)15/h4-7H,1-3H3. The predicted octanol–water partition coefficient (Wildman–Crippen LogP) is 3.81. The molecule has 0 spiro atoms. The van der Waals surface area contributed by atoms with Gasteiger partial charge < -0.3 is 4.74 Å². The molecule has 92 valence electrons. The molecule has 0 fully saturated rings. The largest absolute Gasteiger partial charge is 0.573 e. The lowest BCUT2D eigenvalue weighted by Gasteiger charge is -2.08. The van der Waals surface area contributed by atoms with Crippen LogP contribution in [0.2, 0.25) is 19.6 Å². The minimum absolute atomic E-state index is 0.226.